The number of hydrogen-bond donors (Lipinski definition) is 0. The summed E-state index contributed by atoms with van der Waals surface area (Å²) in [6.45, 7) is 6.65. The lowest BCUT2D eigenvalue weighted by atomic mass is 9.92. The highest BCUT2D eigenvalue weighted by Gasteiger charge is 2.15. The third-order valence-corrected chi connectivity index (χ3v) is 6.03. The Hall–Kier alpha value is -3.39. The third-order valence-electron chi connectivity index (χ3n) is 6.03. The van der Waals surface area contributed by atoms with Crippen LogP contribution in [0.5, 0.6) is 0 Å². The van der Waals surface area contributed by atoms with Crippen LogP contribution in [0.1, 0.15) is 49.3 Å². The zero-order valence-electron chi connectivity index (χ0n) is 17.6. The molecule has 0 fully saturated rings. The molecular formula is C28H25NO. The van der Waals surface area contributed by atoms with E-state index in [9.17, 15) is 0 Å². The molecule has 3 aromatic carbocycles. The van der Waals surface area contributed by atoms with Gasteiger partial charge in [-0.25, -0.2) is 0 Å². The van der Waals surface area contributed by atoms with Crippen LogP contribution in [0.2, 0.25) is 0 Å². The van der Waals surface area contributed by atoms with E-state index in [0.29, 0.717) is 11.8 Å². The summed E-state index contributed by atoms with van der Waals surface area (Å²) in [5.74, 6) is 0.742. The van der Waals surface area contributed by atoms with Gasteiger partial charge >= 0.3 is 0 Å². The summed E-state index contributed by atoms with van der Waals surface area (Å²) in [6.07, 6.45) is 1.92. The standard InChI is InChI=1S/C28H25NO/c1-18(2)23-10-7-11-24-25-16-22(12-13-27(25)30-28(23)24)26-17-21(14-15-29-26)19(3)20-8-5-4-6-9-20/h4-19H,1-3H3. The van der Waals surface area contributed by atoms with Gasteiger partial charge in [0.1, 0.15) is 11.2 Å². The minimum atomic E-state index is 0.319. The highest BCUT2D eigenvalue weighted by molar-refractivity contribution is 6.07. The first-order valence-electron chi connectivity index (χ1n) is 10.6. The third kappa shape index (κ3) is 3.19. The van der Waals surface area contributed by atoms with Gasteiger partial charge in [0, 0.05) is 28.5 Å². The van der Waals surface area contributed by atoms with Crippen LogP contribution in [-0.2, 0) is 0 Å². The summed E-state index contributed by atoms with van der Waals surface area (Å²) in [7, 11) is 0. The lowest BCUT2D eigenvalue weighted by Crippen LogP contribution is -1.97. The molecule has 5 rings (SSSR count). The van der Waals surface area contributed by atoms with Crippen molar-refractivity contribution in [3.63, 3.8) is 0 Å². The van der Waals surface area contributed by atoms with Crippen molar-refractivity contribution in [1.82, 2.24) is 4.98 Å². The number of fused-ring (bicyclic) bond motifs is 3. The van der Waals surface area contributed by atoms with Crippen LogP contribution in [-0.4, -0.2) is 4.98 Å². The number of pyridine rings is 1. The highest BCUT2D eigenvalue weighted by atomic mass is 16.3. The van der Waals surface area contributed by atoms with Crippen molar-refractivity contribution in [3.8, 4) is 11.3 Å². The molecule has 0 spiro atoms. The molecule has 2 nitrogen and oxygen atoms in total. The van der Waals surface area contributed by atoms with Crippen LogP contribution >= 0.6 is 0 Å². The van der Waals surface area contributed by atoms with Crippen molar-refractivity contribution in [3.05, 3.63) is 102 Å². The molecule has 0 aliphatic heterocycles. The molecule has 0 bridgehead atoms. The summed E-state index contributed by atoms with van der Waals surface area (Å²) < 4.78 is 6.24. The maximum absolute atomic E-state index is 6.24. The smallest absolute Gasteiger partial charge is 0.138 e. The Morgan fingerprint density at radius 2 is 1.57 bits per heavy atom. The minimum absolute atomic E-state index is 0.319. The van der Waals surface area contributed by atoms with Crippen LogP contribution in [0.15, 0.2) is 89.5 Å². The van der Waals surface area contributed by atoms with Crippen molar-refractivity contribution in [2.24, 2.45) is 0 Å². The van der Waals surface area contributed by atoms with Crippen LogP contribution in [0, 0.1) is 0 Å². The summed E-state index contributed by atoms with van der Waals surface area (Å²) in [5.41, 5.74) is 7.86. The largest absolute Gasteiger partial charge is 0.456 e. The second-order valence-corrected chi connectivity index (χ2v) is 8.30. The molecule has 0 N–H and O–H groups in total. The maximum atomic E-state index is 6.24. The molecule has 1 unspecified atom stereocenters. The van der Waals surface area contributed by atoms with Gasteiger partial charge in [0.15, 0.2) is 0 Å². The second kappa shape index (κ2) is 7.46. The lowest BCUT2D eigenvalue weighted by Gasteiger charge is -2.13. The van der Waals surface area contributed by atoms with E-state index in [-0.39, 0.29) is 0 Å². The van der Waals surface area contributed by atoms with Gasteiger partial charge in [-0.3, -0.25) is 4.98 Å². The van der Waals surface area contributed by atoms with Gasteiger partial charge < -0.3 is 4.42 Å². The molecule has 2 heterocycles. The molecule has 0 aliphatic rings. The molecule has 0 saturated heterocycles. The Kier molecular flexibility index (Phi) is 4.63. The van der Waals surface area contributed by atoms with Crippen molar-refractivity contribution in [2.45, 2.75) is 32.6 Å². The van der Waals surface area contributed by atoms with Gasteiger partial charge in [0.05, 0.1) is 5.69 Å². The Morgan fingerprint density at radius 1 is 0.733 bits per heavy atom. The summed E-state index contributed by atoms with van der Waals surface area (Å²) in [6, 6.07) is 27.8. The zero-order valence-corrected chi connectivity index (χ0v) is 17.6. The van der Waals surface area contributed by atoms with Gasteiger partial charge in [0.25, 0.3) is 0 Å². The fourth-order valence-corrected chi connectivity index (χ4v) is 4.24. The Morgan fingerprint density at radius 3 is 2.37 bits per heavy atom. The molecule has 2 aromatic heterocycles. The van der Waals surface area contributed by atoms with Crippen LogP contribution in [0.25, 0.3) is 33.2 Å². The monoisotopic (exact) mass is 391 g/mol. The number of para-hydroxylation sites is 1. The number of aromatic nitrogens is 1. The topological polar surface area (TPSA) is 26.0 Å². The fraction of sp³-hybridized carbons (Fsp3) is 0.179. The molecule has 0 aliphatic carbocycles. The summed E-state index contributed by atoms with van der Waals surface area (Å²) in [5, 5.41) is 2.32. The first-order valence-corrected chi connectivity index (χ1v) is 10.6. The lowest BCUT2D eigenvalue weighted by molar-refractivity contribution is 0.657. The van der Waals surface area contributed by atoms with Crippen molar-refractivity contribution in [1.29, 1.82) is 0 Å². The highest BCUT2D eigenvalue weighted by Crippen LogP contribution is 2.36. The van der Waals surface area contributed by atoms with Crippen molar-refractivity contribution < 1.29 is 4.42 Å². The molecule has 0 radical (unpaired) electrons. The Labute approximate surface area is 177 Å². The van der Waals surface area contributed by atoms with Gasteiger partial charge in [-0.2, -0.15) is 0 Å². The van der Waals surface area contributed by atoms with Gasteiger partial charge in [0.2, 0.25) is 0 Å². The number of benzene rings is 3. The molecule has 0 saturated carbocycles. The molecule has 5 aromatic rings. The number of furan rings is 1. The van der Waals surface area contributed by atoms with E-state index in [2.05, 4.69) is 105 Å². The van der Waals surface area contributed by atoms with E-state index >= 15 is 0 Å². The first kappa shape index (κ1) is 18.6. The number of rotatable bonds is 4. The van der Waals surface area contributed by atoms with Crippen LogP contribution in [0.3, 0.4) is 0 Å². The molecule has 2 heteroatoms. The fourth-order valence-electron chi connectivity index (χ4n) is 4.24. The molecule has 30 heavy (non-hydrogen) atoms. The predicted octanol–water partition coefficient (Wildman–Crippen LogP) is 7.92. The first-order chi connectivity index (χ1) is 14.6. The molecular weight excluding hydrogens is 366 g/mol. The average Bonchev–Trinajstić information content (AvgIpc) is 3.17. The summed E-state index contributed by atoms with van der Waals surface area (Å²) in [4.78, 5) is 4.67. The number of hydrogen-bond acceptors (Lipinski definition) is 2. The van der Waals surface area contributed by atoms with E-state index in [1.165, 1.54) is 22.1 Å². The normalized spacial score (nSPS) is 12.7. The second-order valence-electron chi connectivity index (χ2n) is 8.30. The predicted molar refractivity (Wildman–Crippen MR) is 125 cm³/mol. The summed E-state index contributed by atoms with van der Waals surface area (Å²) >= 11 is 0. The molecule has 0 amide bonds. The SMILES string of the molecule is CC(C)c1cccc2c1oc1ccc(-c3cc(C(C)c4ccccc4)ccn3)cc12. The molecule has 1 atom stereocenters. The van der Waals surface area contributed by atoms with Gasteiger partial charge in [-0.1, -0.05) is 69.3 Å². The quantitative estimate of drug-likeness (QED) is 0.311. The van der Waals surface area contributed by atoms with Crippen molar-refractivity contribution in [2.75, 3.05) is 0 Å². The average molecular weight is 392 g/mol. The van der Waals surface area contributed by atoms with E-state index in [4.69, 9.17) is 4.42 Å². The van der Waals surface area contributed by atoms with Crippen molar-refractivity contribution >= 4 is 21.9 Å². The van der Waals surface area contributed by atoms with E-state index < -0.39 is 0 Å². The number of nitrogens with zero attached hydrogens (tertiary/aromatic N) is 1. The van der Waals surface area contributed by atoms with Gasteiger partial charge in [-0.05, 0) is 52.9 Å². The Bertz CT molecular complexity index is 1330. The van der Waals surface area contributed by atoms with Crippen LogP contribution in [0.4, 0.5) is 0 Å². The Balaban J connectivity index is 1.60. The van der Waals surface area contributed by atoms with Crippen LogP contribution < -0.4 is 0 Å². The maximum Gasteiger partial charge on any atom is 0.138 e. The van der Waals surface area contributed by atoms with Gasteiger partial charge in [-0.15, -0.1) is 0 Å². The minimum Gasteiger partial charge on any atom is -0.456 e. The van der Waals surface area contributed by atoms with E-state index in [1.54, 1.807) is 0 Å². The zero-order chi connectivity index (χ0) is 20.7. The van der Waals surface area contributed by atoms with E-state index in [1.807, 2.05) is 6.20 Å². The molecule has 148 valence electrons. The van der Waals surface area contributed by atoms with E-state index in [0.717, 1.165) is 27.8 Å².